The van der Waals surface area contributed by atoms with Crippen molar-refractivity contribution in [1.82, 2.24) is 10.2 Å². The highest BCUT2D eigenvalue weighted by Gasteiger charge is 2.23. The van der Waals surface area contributed by atoms with Gasteiger partial charge in [0.25, 0.3) is 0 Å². The highest BCUT2D eigenvalue weighted by Crippen LogP contribution is 2.12. The first-order chi connectivity index (χ1) is 11.7. The van der Waals surface area contributed by atoms with E-state index in [0.29, 0.717) is 6.10 Å². The number of quaternary nitrogens is 1. The number of piperazine rings is 1. The molecule has 0 aliphatic carbocycles. The summed E-state index contributed by atoms with van der Waals surface area (Å²) in [4.78, 5) is 3.89. The first-order valence-corrected chi connectivity index (χ1v) is 9.26. The molecule has 2 heterocycles. The van der Waals surface area contributed by atoms with Crippen molar-refractivity contribution in [3.63, 3.8) is 0 Å². The number of nitrogens with zero attached hydrogens (tertiary/aromatic N) is 1. The molecular weight excluding hydrogens is 322 g/mol. The zero-order chi connectivity index (χ0) is 16.8. The zero-order valence-electron chi connectivity index (χ0n) is 14.4. The molecule has 2 aliphatic rings. The molecule has 2 saturated heterocycles. The van der Waals surface area contributed by atoms with E-state index in [1.54, 1.807) is 12.0 Å². The first-order valence-electron chi connectivity index (χ1n) is 8.85. The lowest BCUT2D eigenvalue weighted by molar-refractivity contribution is -0.917. The Hall–Kier alpha value is -1.37. The van der Waals surface area contributed by atoms with Gasteiger partial charge in [-0.2, -0.15) is 0 Å². The maximum absolute atomic E-state index is 5.64. The molecule has 2 N–H and O–H groups in total. The maximum atomic E-state index is 5.64. The molecule has 0 saturated carbocycles. The van der Waals surface area contributed by atoms with Crippen LogP contribution >= 0.6 is 12.2 Å². The van der Waals surface area contributed by atoms with Crippen LogP contribution in [0.15, 0.2) is 24.3 Å². The summed E-state index contributed by atoms with van der Waals surface area (Å²) in [5.41, 5.74) is 1.33. The number of thiocarbonyl (C=S) groups is 1. The van der Waals surface area contributed by atoms with E-state index in [1.165, 1.54) is 12.0 Å². The molecule has 0 radical (unpaired) electrons. The minimum absolute atomic E-state index is 0.336. The normalized spacial score (nSPS) is 21.7. The van der Waals surface area contributed by atoms with Crippen LogP contribution < -0.4 is 15.0 Å². The van der Waals surface area contributed by atoms with Gasteiger partial charge in [0.2, 0.25) is 0 Å². The SMILES string of the molecule is COc1cccc(C[NH+]2CCN(C(=S)NC[C@@H]3CCCO3)CC2)c1. The smallest absolute Gasteiger partial charge is 0.169 e. The van der Waals surface area contributed by atoms with Gasteiger partial charge in [0.15, 0.2) is 5.11 Å². The van der Waals surface area contributed by atoms with Crippen molar-refractivity contribution in [3.05, 3.63) is 29.8 Å². The van der Waals surface area contributed by atoms with Crippen molar-refractivity contribution >= 4 is 17.3 Å². The van der Waals surface area contributed by atoms with Crippen LogP contribution in [0.1, 0.15) is 18.4 Å². The average Bonchev–Trinajstić information content (AvgIpc) is 3.14. The van der Waals surface area contributed by atoms with E-state index < -0.39 is 0 Å². The first kappa shape index (κ1) is 17.5. The fourth-order valence-corrected chi connectivity index (χ4v) is 3.66. The van der Waals surface area contributed by atoms with Crippen molar-refractivity contribution in [3.8, 4) is 5.75 Å². The van der Waals surface area contributed by atoms with Crippen LogP contribution in [0.4, 0.5) is 0 Å². The number of methoxy groups -OCH3 is 1. The van der Waals surface area contributed by atoms with Crippen molar-refractivity contribution in [1.29, 1.82) is 0 Å². The minimum atomic E-state index is 0.336. The van der Waals surface area contributed by atoms with E-state index in [9.17, 15) is 0 Å². The fraction of sp³-hybridized carbons (Fsp3) is 0.611. The standard InChI is InChI=1S/C18H27N3O2S/c1-22-16-5-2-4-15(12-16)14-20-7-9-21(10-8-20)18(24)19-13-17-6-3-11-23-17/h2,4-5,12,17H,3,6-11,13-14H2,1H3,(H,19,24)/p+1/t17-/m0/s1. The second-order valence-corrected chi connectivity index (χ2v) is 6.97. The second-order valence-electron chi connectivity index (χ2n) is 6.59. The van der Waals surface area contributed by atoms with Crippen LogP contribution in [0.3, 0.4) is 0 Å². The van der Waals surface area contributed by atoms with Crippen LogP contribution in [-0.4, -0.2) is 62.6 Å². The second kappa shape index (κ2) is 8.65. The molecule has 1 aromatic rings. The fourth-order valence-electron chi connectivity index (χ4n) is 3.39. The van der Waals surface area contributed by atoms with Gasteiger partial charge in [0.05, 0.1) is 39.4 Å². The lowest BCUT2D eigenvalue weighted by Gasteiger charge is -2.34. The molecule has 0 bridgehead atoms. The van der Waals surface area contributed by atoms with Crippen LogP contribution in [0.5, 0.6) is 5.75 Å². The largest absolute Gasteiger partial charge is 0.497 e. The molecule has 0 amide bonds. The molecule has 2 fully saturated rings. The predicted octanol–water partition coefficient (Wildman–Crippen LogP) is 0.449. The van der Waals surface area contributed by atoms with E-state index in [1.807, 2.05) is 6.07 Å². The Morgan fingerprint density at radius 3 is 2.96 bits per heavy atom. The number of benzene rings is 1. The van der Waals surface area contributed by atoms with Crippen LogP contribution in [0.25, 0.3) is 0 Å². The summed E-state index contributed by atoms with van der Waals surface area (Å²) in [6, 6.07) is 8.37. The Balaban J connectivity index is 1.40. The summed E-state index contributed by atoms with van der Waals surface area (Å²) < 4.78 is 10.9. The predicted molar refractivity (Wildman–Crippen MR) is 98.5 cm³/mol. The van der Waals surface area contributed by atoms with Gasteiger partial charge in [-0.3, -0.25) is 0 Å². The number of hydrogen-bond acceptors (Lipinski definition) is 3. The molecule has 6 heteroatoms. The molecule has 0 unspecified atom stereocenters. The highest BCUT2D eigenvalue weighted by atomic mass is 32.1. The van der Waals surface area contributed by atoms with E-state index in [-0.39, 0.29) is 0 Å². The molecule has 5 nitrogen and oxygen atoms in total. The average molecular weight is 351 g/mol. The Bertz CT molecular complexity index is 541. The topological polar surface area (TPSA) is 38.2 Å². The Morgan fingerprint density at radius 2 is 2.25 bits per heavy atom. The Morgan fingerprint density at radius 1 is 1.42 bits per heavy atom. The molecule has 1 aromatic carbocycles. The van der Waals surface area contributed by atoms with Crippen LogP contribution in [-0.2, 0) is 11.3 Å². The summed E-state index contributed by atoms with van der Waals surface area (Å²) >= 11 is 5.54. The van der Waals surface area contributed by atoms with Gasteiger partial charge < -0.3 is 24.6 Å². The van der Waals surface area contributed by atoms with E-state index in [4.69, 9.17) is 21.7 Å². The van der Waals surface area contributed by atoms with Gasteiger partial charge in [0, 0.05) is 18.7 Å². The summed E-state index contributed by atoms with van der Waals surface area (Å²) in [5.74, 6) is 0.935. The molecule has 132 valence electrons. The molecule has 3 rings (SSSR count). The Kier molecular flexibility index (Phi) is 6.29. The highest BCUT2D eigenvalue weighted by molar-refractivity contribution is 7.80. The lowest BCUT2D eigenvalue weighted by atomic mass is 10.2. The Labute approximate surface area is 149 Å². The summed E-state index contributed by atoms with van der Waals surface area (Å²) in [5, 5.41) is 4.26. The summed E-state index contributed by atoms with van der Waals surface area (Å²) in [6.45, 7) is 7.02. The monoisotopic (exact) mass is 350 g/mol. The van der Waals surface area contributed by atoms with E-state index in [0.717, 1.165) is 63.2 Å². The lowest BCUT2D eigenvalue weighted by Crippen LogP contribution is -3.13. The number of ether oxygens (including phenoxy) is 2. The van der Waals surface area contributed by atoms with E-state index >= 15 is 0 Å². The molecule has 1 atom stereocenters. The third-order valence-corrected chi connectivity index (χ3v) is 5.25. The third kappa shape index (κ3) is 4.82. The van der Waals surface area contributed by atoms with Gasteiger partial charge in [0.1, 0.15) is 12.3 Å². The zero-order valence-corrected chi connectivity index (χ0v) is 15.2. The summed E-state index contributed by atoms with van der Waals surface area (Å²) in [7, 11) is 1.72. The molecule has 0 aromatic heterocycles. The number of hydrogen-bond donors (Lipinski definition) is 2. The van der Waals surface area contributed by atoms with Crippen LogP contribution in [0.2, 0.25) is 0 Å². The van der Waals surface area contributed by atoms with Crippen molar-refractivity contribution in [2.45, 2.75) is 25.5 Å². The molecular formula is C18H28N3O2S+. The third-order valence-electron chi connectivity index (χ3n) is 4.85. The van der Waals surface area contributed by atoms with Gasteiger partial charge in [-0.05, 0) is 37.2 Å². The van der Waals surface area contributed by atoms with Crippen LogP contribution in [0, 0.1) is 0 Å². The summed E-state index contributed by atoms with van der Waals surface area (Å²) in [6.07, 6.45) is 2.65. The van der Waals surface area contributed by atoms with Crippen molar-refractivity contribution in [2.24, 2.45) is 0 Å². The van der Waals surface area contributed by atoms with Gasteiger partial charge >= 0.3 is 0 Å². The maximum Gasteiger partial charge on any atom is 0.169 e. The van der Waals surface area contributed by atoms with Gasteiger partial charge in [-0.1, -0.05) is 12.1 Å². The van der Waals surface area contributed by atoms with Gasteiger partial charge in [-0.15, -0.1) is 0 Å². The number of rotatable bonds is 5. The minimum Gasteiger partial charge on any atom is -0.497 e. The van der Waals surface area contributed by atoms with Crippen molar-refractivity contribution in [2.75, 3.05) is 46.4 Å². The molecule has 0 spiro atoms. The number of nitrogens with one attached hydrogen (secondary N) is 2. The molecule has 24 heavy (non-hydrogen) atoms. The van der Waals surface area contributed by atoms with Crippen molar-refractivity contribution < 1.29 is 14.4 Å². The van der Waals surface area contributed by atoms with Gasteiger partial charge in [-0.25, -0.2) is 0 Å². The quantitative estimate of drug-likeness (QED) is 0.755. The van der Waals surface area contributed by atoms with E-state index in [2.05, 4.69) is 28.4 Å². The molecule has 2 aliphatic heterocycles.